The zero-order chi connectivity index (χ0) is 17.6. The molecule has 2 heterocycles. The number of carbonyl (C=O) groups excluding carboxylic acids is 2. The van der Waals surface area contributed by atoms with Gasteiger partial charge < -0.3 is 15.1 Å². The minimum Gasteiger partial charge on any atom is -0.355 e. The lowest BCUT2D eigenvalue weighted by Gasteiger charge is -2.30. The molecule has 5 heteroatoms. The van der Waals surface area contributed by atoms with E-state index in [1.807, 2.05) is 30.3 Å². The first-order chi connectivity index (χ1) is 12.1. The average Bonchev–Trinajstić information content (AvgIpc) is 2.97. The zero-order valence-electron chi connectivity index (χ0n) is 15.1. The Balaban J connectivity index is 1.41. The molecule has 0 bridgehead atoms. The molecule has 2 saturated heterocycles. The van der Waals surface area contributed by atoms with Gasteiger partial charge in [-0.3, -0.25) is 9.59 Å². The Bertz CT molecular complexity index is 590. The highest BCUT2D eigenvalue weighted by atomic mass is 16.2. The van der Waals surface area contributed by atoms with E-state index >= 15 is 0 Å². The summed E-state index contributed by atoms with van der Waals surface area (Å²) in [4.78, 5) is 28.8. The van der Waals surface area contributed by atoms with Crippen LogP contribution in [0.4, 0.5) is 0 Å². The largest absolute Gasteiger partial charge is 0.355 e. The molecule has 2 aliphatic heterocycles. The smallest absolute Gasteiger partial charge is 0.225 e. The maximum absolute atomic E-state index is 12.4. The van der Waals surface area contributed by atoms with E-state index in [-0.39, 0.29) is 17.7 Å². The number of benzene rings is 1. The Labute approximate surface area is 150 Å². The molecule has 0 aliphatic carbocycles. The van der Waals surface area contributed by atoms with Gasteiger partial charge in [0, 0.05) is 39.1 Å². The molecule has 5 nitrogen and oxygen atoms in total. The van der Waals surface area contributed by atoms with Crippen molar-refractivity contribution in [2.75, 3.05) is 32.7 Å². The van der Waals surface area contributed by atoms with E-state index in [0.717, 1.165) is 31.1 Å². The van der Waals surface area contributed by atoms with Crippen LogP contribution < -0.4 is 5.32 Å². The predicted octanol–water partition coefficient (Wildman–Crippen LogP) is 1.88. The van der Waals surface area contributed by atoms with Crippen LogP contribution in [0.25, 0.3) is 0 Å². The van der Waals surface area contributed by atoms with E-state index in [2.05, 4.69) is 17.1 Å². The highest BCUT2D eigenvalue weighted by Gasteiger charge is 2.34. The first-order valence-electron chi connectivity index (χ1n) is 9.43. The van der Waals surface area contributed by atoms with E-state index in [1.165, 1.54) is 12.8 Å². The van der Waals surface area contributed by atoms with Gasteiger partial charge in [0.1, 0.15) is 0 Å². The fourth-order valence-electron chi connectivity index (χ4n) is 3.88. The van der Waals surface area contributed by atoms with E-state index in [0.29, 0.717) is 26.1 Å². The van der Waals surface area contributed by atoms with Crippen molar-refractivity contribution in [3.8, 4) is 0 Å². The van der Waals surface area contributed by atoms with E-state index in [9.17, 15) is 9.59 Å². The van der Waals surface area contributed by atoms with Crippen molar-refractivity contribution in [3.05, 3.63) is 35.9 Å². The number of likely N-dealkylation sites (tertiary alicyclic amines) is 2. The van der Waals surface area contributed by atoms with Gasteiger partial charge in [-0.05, 0) is 30.9 Å². The van der Waals surface area contributed by atoms with E-state index in [1.54, 1.807) is 4.90 Å². The number of hydrogen-bond donors (Lipinski definition) is 1. The van der Waals surface area contributed by atoms with Crippen molar-refractivity contribution in [1.29, 1.82) is 0 Å². The summed E-state index contributed by atoms with van der Waals surface area (Å²) in [6.45, 7) is 7.25. The quantitative estimate of drug-likeness (QED) is 0.858. The van der Waals surface area contributed by atoms with E-state index < -0.39 is 0 Å². The van der Waals surface area contributed by atoms with Gasteiger partial charge in [0.15, 0.2) is 0 Å². The molecule has 1 aromatic carbocycles. The predicted molar refractivity (Wildman–Crippen MR) is 97.8 cm³/mol. The summed E-state index contributed by atoms with van der Waals surface area (Å²) in [5, 5.41) is 3.03. The van der Waals surface area contributed by atoms with Gasteiger partial charge in [-0.15, -0.1) is 0 Å². The summed E-state index contributed by atoms with van der Waals surface area (Å²) in [5.41, 5.74) is 1.11. The molecule has 2 unspecified atom stereocenters. The van der Waals surface area contributed by atoms with Gasteiger partial charge in [0.25, 0.3) is 0 Å². The third-order valence-corrected chi connectivity index (χ3v) is 5.27. The first kappa shape index (κ1) is 17.9. The molecule has 2 aliphatic rings. The molecule has 2 atom stereocenters. The summed E-state index contributed by atoms with van der Waals surface area (Å²) in [6, 6.07) is 9.94. The SMILES string of the molecule is CC1CCCN(CCNC(=O)C2CC(=O)N(Cc3ccccc3)C2)C1. The molecule has 3 rings (SSSR count). The number of nitrogens with zero attached hydrogens (tertiary/aromatic N) is 2. The lowest BCUT2D eigenvalue weighted by Crippen LogP contribution is -2.41. The topological polar surface area (TPSA) is 52.7 Å². The molecule has 25 heavy (non-hydrogen) atoms. The van der Waals surface area contributed by atoms with Crippen LogP contribution >= 0.6 is 0 Å². The second-order valence-corrected chi connectivity index (χ2v) is 7.50. The maximum atomic E-state index is 12.4. The minimum atomic E-state index is -0.212. The van der Waals surface area contributed by atoms with Crippen molar-refractivity contribution in [2.45, 2.75) is 32.7 Å². The number of nitrogens with one attached hydrogen (secondary N) is 1. The van der Waals surface area contributed by atoms with Crippen molar-refractivity contribution >= 4 is 11.8 Å². The summed E-state index contributed by atoms with van der Waals surface area (Å²) in [6.07, 6.45) is 2.89. The molecule has 0 spiro atoms. The van der Waals surface area contributed by atoms with Crippen LogP contribution in [-0.2, 0) is 16.1 Å². The third kappa shape index (κ3) is 5.05. The Kier molecular flexibility index (Phi) is 6.08. The molecule has 0 aromatic heterocycles. The van der Waals surface area contributed by atoms with Crippen molar-refractivity contribution < 1.29 is 9.59 Å². The van der Waals surface area contributed by atoms with Crippen molar-refractivity contribution in [2.24, 2.45) is 11.8 Å². The normalized spacial score (nSPS) is 24.5. The Morgan fingerprint density at radius 2 is 2.04 bits per heavy atom. The second-order valence-electron chi connectivity index (χ2n) is 7.50. The highest BCUT2D eigenvalue weighted by Crippen LogP contribution is 2.20. The Morgan fingerprint density at radius 3 is 2.80 bits per heavy atom. The van der Waals surface area contributed by atoms with Gasteiger partial charge in [-0.2, -0.15) is 0 Å². The fourth-order valence-corrected chi connectivity index (χ4v) is 3.88. The zero-order valence-corrected chi connectivity index (χ0v) is 15.1. The number of amides is 2. The van der Waals surface area contributed by atoms with Gasteiger partial charge in [0.05, 0.1) is 5.92 Å². The molecule has 2 amide bonds. The monoisotopic (exact) mass is 343 g/mol. The molecule has 0 saturated carbocycles. The van der Waals surface area contributed by atoms with Crippen LogP contribution in [0.2, 0.25) is 0 Å². The number of hydrogen-bond acceptors (Lipinski definition) is 3. The summed E-state index contributed by atoms with van der Waals surface area (Å²) in [5.74, 6) is 0.641. The molecule has 1 aromatic rings. The number of carbonyl (C=O) groups is 2. The third-order valence-electron chi connectivity index (χ3n) is 5.27. The molecular weight excluding hydrogens is 314 g/mol. The number of rotatable bonds is 6. The first-order valence-corrected chi connectivity index (χ1v) is 9.43. The van der Waals surface area contributed by atoms with Crippen LogP contribution in [0.5, 0.6) is 0 Å². The molecule has 2 fully saturated rings. The fraction of sp³-hybridized carbons (Fsp3) is 0.600. The Morgan fingerprint density at radius 1 is 1.24 bits per heavy atom. The molecule has 136 valence electrons. The molecule has 1 N–H and O–H groups in total. The lowest BCUT2D eigenvalue weighted by atomic mass is 10.0. The standard InChI is InChI=1S/C20H29N3O2/c1-16-6-5-10-22(13-16)11-9-21-20(25)18-12-19(24)23(15-18)14-17-7-3-2-4-8-17/h2-4,7-8,16,18H,5-6,9-15H2,1H3,(H,21,25). The lowest BCUT2D eigenvalue weighted by molar-refractivity contribution is -0.129. The molecule has 0 radical (unpaired) electrons. The Hall–Kier alpha value is -1.88. The molecular formula is C20H29N3O2. The maximum Gasteiger partial charge on any atom is 0.225 e. The van der Waals surface area contributed by atoms with Crippen LogP contribution in [0, 0.1) is 11.8 Å². The minimum absolute atomic E-state index is 0.0222. The van der Waals surface area contributed by atoms with Crippen LogP contribution in [0.1, 0.15) is 31.7 Å². The van der Waals surface area contributed by atoms with Crippen LogP contribution in [0.3, 0.4) is 0 Å². The second kappa shape index (κ2) is 8.48. The van der Waals surface area contributed by atoms with E-state index in [4.69, 9.17) is 0 Å². The van der Waals surface area contributed by atoms with Gasteiger partial charge in [-0.1, -0.05) is 37.3 Å². The van der Waals surface area contributed by atoms with Crippen LogP contribution in [0.15, 0.2) is 30.3 Å². The highest BCUT2D eigenvalue weighted by molar-refractivity contribution is 5.89. The summed E-state index contributed by atoms with van der Waals surface area (Å²) < 4.78 is 0. The average molecular weight is 343 g/mol. The summed E-state index contributed by atoms with van der Waals surface area (Å²) >= 11 is 0. The number of piperidine rings is 1. The van der Waals surface area contributed by atoms with Gasteiger partial charge >= 0.3 is 0 Å². The van der Waals surface area contributed by atoms with Gasteiger partial charge in [0.2, 0.25) is 11.8 Å². The van der Waals surface area contributed by atoms with Crippen molar-refractivity contribution in [1.82, 2.24) is 15.1 Å². The van der Waals surface area contributed by atoms with Crippen molar-refractivity contribution in [3.63, 3.8) is 0 Å². The van der Waals surface area contributed by atoms with Gasteiger partial charge in [-0.25, -0.2) is 0 Å². The summed E-state index contributed by atoms with van der Waals surface area (Å²) in [7, 11) is 0. The van der Waals surface area contributed by atoms with Crippen LogP contribution in [-0.4, -0.2) is 54.3 Å².